The van der Waals surface area contributed by atoms with Crippen LogP contribution in [0.2, 0.25) is 0 Å². The first-order valence-electron chi connectivity index (χ1n) is 1.34. The van der Waals surface area contributed by atoms with Gasteiger partial charge in [0, 0.05) is 48.4 Å². The van der Waals surface area contributed by atoms with Crippen LogP contribution in [0.1, 0.15) is 0 Å². The quantitative estimate of drug-likeness (QED) is 0.598. The number of ether oxygens (including phenoxy) is 1. The van der Waals surface area contributed by atoms with Crippen LogP contribution in [0, 0.1) is 41.3 Å². The Morgan fingerprint density at radius 2 is 2.33 bits per heavy atom. The van der Waals surface area contributed by atoms with Crippen LogP contribution in [0.5, 0.6) is 0 Å². The molecule has 0 aromatic heterocycles. The van der Waals surface area contributed by atoms with Gasteiger partial charge in [-0.1, -0.05) is 0 Å². The third-order valence-electron chi connectivity index (χ3n) is 0.235. The van der Waals surface area contributed by atoms with Crippen molar-refractivity contribution in [3.8, 4) is 0 Å². The van der Waals surface area contributed by atoms with Crippen LogP contribution in [-0.4, -0.2) is 20.0 Å². The molecule has 0 aromatic rings. The Morgan fingerprint density at radius 3 is 2.33 bits per heavy atom. The molecule has 6 heavy (non-hydrogen) atoms. The smallest absolute Gasteiger partial charge is 0.145 e. The Morgan fingerprint density at radius 1 is 1.83 bits per heavy atom. The Bertz CT molecular complexity index is 30.0. The number of rotatable bonds is 2. The van der Waals surface area contributed by atoms with Crippen molar-refractivity contribution in [2.75, 3.05) is 13.7 Å². The zero-order chi connectivity index (χ0) is 4.12. The molecule has 0 unspecified atom stereocenters. The molecule has 0 amide bonds. The summed E-state index contributed by atoms with van der Waals surface area (Å²) in [7, 11) is 1.48. The molecule has 0 aliphatic heterocycles. The van der Waals surface area contributed by atoms with Crippen LogP contribution >= 0.6 is 0 Å². The van der Waals surface area contributed by atoms with E-state index in [9.17, 15) is 4.79 Å². The fourth-order valence-electron chi connectivity index (χ4n) is 0.0680. The summed E-state index contributed by atoms with van der Waals surface area (Å²) in [5, 5.41) is 0. The van der Waals surface area contributed by atoms with E-state index in [-0.39, 0.29) is 47.9 Å². The van der Waals surface area contributed by atoms with Crippen LogP contribution in [0.15, 0.2) is 0 Å². The van der Waals surface area contributed by atoms with Crippen LogP contribution in [0.3, 0.4) is 0 Å². The van der Waals surface area contributed by atoms with Gasteiger partial charge in [0.05, 0.1) is 0 Å². The molecule has 0 saturated carbocycles. The van der Waals surface area contributed by atoms with E-state index < -0.39 is 0 Å². The number of carbonyl (C=O) groups is 1. The molecule has 2 nitrogen and oxygen atoms in total. The van der Waals surface area contributed by atoms with E-state index in [0.717, 1.165) is 0 Å². The summed E-state index contributed by atoms with van der Waals surface area (Å²) in [4.78, 5) is 9.28. The summed E-state index contributed by atoms with van der Waals surface area (Å²) >= 11 is 0. The summed E-state index contributed by atoms with van der Waals surface area (Å²) in [6.45, 7) is 0.208. The molecule has 0 saturated heterocycles. The van der Waals surface area contributed by atoms with Gasteiger partial charge in [0.15, 0.2) is 0 Å². The molecule has 3 heteroatoms. The van der Waals surface area contributed by atoms with Gasteiger partial charge in [-0.3, -0.25) is 0 Å². The number of methoxy groups -OCH3 is 1. The van der Waals surface area contributed by atoms with Crippen LogP contribution in [0.4, 0.5) is 0 Å². The zero-order valence-corrected chi connectivity index (χ0v) is 7.38. The van der Waals surface area contributed by atoms with E-state index in [1.165, 1.54) is 7.11 Å². The second kappa shape index (κ2) is 9.37. The van der Waals surface area contributed by atoms with Crippen molar-refractivity contribution in [2.24, 2.45) is 0 Å². The third kappa shape index (κ3) is 8.89. The van der Waals surface area contributed by atoms with Gasteiger partial charge >= 0.3 is 0 Å². The Hall–Kier alpha value is 0.994. The van der Waals surface area contributed by atoms with Gasteiger partial charge < -0.3 is 9.53 Å². The van der Waals surface area contributed by atoms with E-state index in [0.29, 0.717) is 6.29 Å². The van der Waals surface area contributed by atoms with Gasteiger partial charge in [0.2, 0.25) is 0 Å². The third-order valence-corrected chi connectivity index (χ3v) is 0.235. The van der Waals surface area contributed by atoms with Gasteiger partial charge in [-0.05, 0) is 0 Å². The SMILES string of the molecule is COCC=O.[Pr]. The van der Waals surface area contributed by atoms with Crippen LogP contribution in [0.25, 0.3) is 0 Å². The first-order valence-corrected chi connectivity index (χ1v) is 1.34. The van der Waals surface area contributed by atoms with Crippen molar-refractivity contribution in [1.82, 2.24) is 0 Å². The van der Waals surface area contributed by atoms with Crippen molar-refractivity contribution >= 4 is 6.29 Å². The first-order chi connectivity index (χ1) is 2.41. The maximum atomic E-state index is 9.28. The summed E-state index contributed by atoms with van der Waals surface area (Å²) < 4.78 is 4.32. The minimum Gasteiger partial charge on any atom is -0.377 e. The van der Waals surface area contributed by atoms with Crippen molar-refractivity contribution in [2.45, 2.75) is 0 Å². The Balaban J connectivity index is 0. The minimum absolute atomic E-state index is 0. The Labute approximate surface area is 70.2 Å². The molecule has 0 N–H and O–H groups in total. The van der Waals surface area contributed by atoms with E-state index >= 15 is 0 Å². The number of hydrogen-bond donors (Lipinski definition) is 0. The summed E-state index contributed by atoms with van der Waals surface area (Å²) in [6, 6.07) is 0. The maximum Gasteiger partial charge on any atom is 0.145 e. The van der Waals surface area contributed by atoms with E-state index in [2.05, 4.69) is 4.74 Å². The molecule has 0 heterocycles. The summed E-state index contributed by atoms with van der Waals surface area (Å²) in [5.41, 5.74) is 0. The molecule has 0 fully saturated rings. The van der Waals surface area contributed by atoms with E-state index in [1.807, 2.05) is 0 Å². The molecular weight excluding hydrogens is 209 g/mol. The second-order valence-corrected chi connectivity index (χ2v) is 0.622. The molecule has 0 aliphatic carbocycles. The number of hydrogen-bond acceptors (Lipinski definition) is 2. The predicted octanol–water partition coefficient (Wildman–Crippen LogP) is -0.168. The normalized spacial score (nSPS) is 6.17. The maximum absolute atomic E-state index is 9.28. The average molecular weight is 215 g/mol. The molecule has 0 rings (SSSR count). The molecule has 33 valence electrons. The summed E-state index contributed by atoms with van der Waals surface area (Å²) in [6.07, 6.45) is 0.708. The van der Waals surface area contributed by atoms with Crippen molar-refractivity contribution in [3.63, 3.8) is 0 Å². The predicted molar refractivity (Wildman–Crippen MR) is 17.9 cm³/mol. The zero-order valence-electron chi connectivity index (χ0n) is 3.68. The second-order valence-electron chi connectivity index (χ2n) is 0.622. The van der Waals surface area contributed by atoms with Gasteiger partial charge in [-0.2, -0.15) is 0 Å². The molecule has 0 spiro atoms. The van der Waals surface area contributed by atoms with Gasteiger partial charge in [-0.15, -0.1) is 0 Å². The monoisotopic (exact) mass is 215 g/mol. The van der Waals surface area contributed by atoms with Gasteiger partial charge in [0.25, 0.3) is 0 Å². The van der Waals surface area contributed by atoms with E-state index in [4.69, 9.17) is 0 Å². The Kier molecular flexibility index (Phi) is 15.7. The molecule has 1 radical (unpaired) electrons. The fraction of sp³-hybridized carbons (Fsp3) is 0.667. The molecule has 0 aliphatic rings. The molecular formula is C3H6O2Pr. The van der Waals surface area contributed by atoms with Crippen LogP contribution in [-0.2, 0) is 9.53 Å². The number of aldehydes is 1. The molecule has 0 bridgehead atoms. The van der Waals surface area contributed by atoms with E-state index in [1.54, 1.807) is 0 Å². The van der Waals surface area contributed by atoms with Crippen molar-refractivity contribution in [1.29, 1.82) is 0 Å². The average Bonchev–Trinajstić information content (AvgIpc) is 1.41. The van der Waals surface area contributed by atoms with Crippen molar-refractivity contribution in [3.05, 3.63) is 0 Å². The summed E-state index contributed by atoms with van der Waals surface area (Å²) in [5.74, 6) is 0. The minimum atomic E-state index is 0. The standard InChI is InChI=1S/C3H6O2.Pr/c1-5-3-2-4;/h2H,3H2,1H3;. The van der Waals surface area contributed by atoms with Gasteiger partial charge in [-0.25, -0.2) is 0 Å². The topological polar surface area (TPSA) is 26.3 Å². The molecule has 0 aromatic carbocycles. The van der Waals surface area contributed by atoms with Gasteiger partial charge in [0.1, 0.15) is 12.9 Å². The van der Waals surface area contributed by atoms with Crippen LogP contribution < -0.4 is 0 Å². The van der Waals surface area contributed by atoms with Crippen molar-refractivity contribution < 1.29 is 50.8 Å². The fourth-order valence-corrected chi connectivity index (χ4v) is 0.0680. The first kappa shape index (κ1) is 10.1. The molecule has 0 atom stereocenters. The number of carbonyl (C=O) groups excluding carboxylic acids is 1. The largest absolute Gasteiger partial charge is 0.377 e.